The van der Waals surface area contributed by atoms with Gasteiger partial charge in [-0.1, -0.05) is 6.92 Å². The van der Waals surface area contributed by atoms with Gasteiger partial charge in [0.2, 0.25) is 0 Å². The molecular weight excluding hydrogens is 128 g/mol. The van der Waals surface area contributed by atoms with Crippen LogP contribution in [-0.4, -0.2) is 16.9 Å². The van der Waals surface area contributed by atoms with Crippen molar-refractivity contribution < 1.29 is 12.6 Å². The molecule has 0 aromatic carbocycles. The normalized spacial score (nSPS) is 38.1. The Labute approximate surface area is 50.8 Å². The molecule has 0 spiro atoms. The second kappa shape index (κ2) is 2.57. The van der Waals surface area contributed by atoms with E-state index in [9.17, 15) is 4.21 Å². The van der Waals surface area contributed by atoms with Crippen LogP contribution in [0.15, 0.2) is 0 Å². The maximum atomic E-state index is 10.3. The highest BCUT2D eigenvalue weighted by atomic mass is 32.2. The summed E-state index contributed by atoms with van der Waals surface area (Å²) in [6.07, 6.45) is 0.919. The van der Waals surface area contributed by atoms with E-state index < -0.39 is 11.4 Å². The first-order valence-electron chi connectivity index (χ1n) is 2.55. The Kier molecular flexibility index (Phi) is 1.99. The summed E-state index contributed by atoms with van der Waals surface area (Å²) in [6, 6.07) is 0. The van der Waals surface area contributed by atoms with Crippen LogP contribution in [0.2, 0.25) is 0 Å². The SMILES string of the molecule is CCC1COS(=O)O1. The Morgan fingerprint density at radius 2 is 2.62 bits per heavy atom. The van der Waals surface area contributed by atoms with E-state index in [1.165, 1.54) is 0 Å². The van der Waals surface area contributed by atoms with Crippen LogP contribution in [0.25, 0.3) is 0 Å². The summed E-state index contributed by atoms with van der Waals surface area (Å²) < 4.78 is 19.6. The molecule has 8 heavy (non-hydrogen) atoms. The van der Waals surface area contributed by atoms with E-state index in [0.29, 0.717) is 6.61 Å². The highest BCUT2D eigenvalue weighted by molar-refractivity contribution is 7.75. The molecule has 2 atom stereocenters. The van der Waals surface area contributed by atoms with Gasteiger partial charge in [0.25, 0.3) is 0 Å². The first-order chi connectivity index (χ1) is 3.83. The molecule has 1 rings (SSSR count). The molecule has 48 valence electrons. The molecule has 0 N–H and O–H groups in total. The van der Waals surface area contributed by atoms with Crippen molar-refractivity contribution in [3.05, 3.63) is 0 Å². The number of hydrogen-bond donors (Lipinski definition) is 0. The van der Waals surface area contributed by atoms with Crippen LogP contribution >= 0.6 is 0 Å². The third kappa shape index (κ3) is 1.27. The van der Waals surface area contributed by atoms with Gasteiger partial charge in [-0.25, -0.2) is 0 Å². The molecule has 0 amide bonds. The summed E-state index contributed by atoms with van der Waals surface area (Å²) in [4.78, 5) is 0. The Balaban J connectivity index is 2.32. The summed E-state index contributed by atoms with van der Waals surface area (Å²) >= 11 is -1.45. The Hall–Kier alpha value is 0.0700. The lowest BCUT2D eigenvalue weighted by atomic mass is 10.3. The predicted octanol–water partition coefficient (Wildman–Crippen LogP) is 0.391. The van der Waals surface area contributed by atoms with Crippen LogP contribution < -0.4 is 0 Å². The first kappa shape index (κ1) is 6.19. The number of hydrogen-bond acceptors (Lipinski definition) is 3. The molecule has 0 aromatic heterocycles. The smallest absolute Gasteiger partial charge is 0.266 e. The van der Waals surface area contributed by atoms with E-state index in [0.717, 1.165) is 6.42 Å². The molecule has 1 aliphatic heterocycles. The van der Waals surface area contributed by atoms with Gasteiger partial charge in [0.15, 0.2) is 0 Å². The zero-order chi connectivity index (χ0) is 5.98. The van der Waals surface area contributed by atoms with E-state index >= 15 is 0 Å². The third-order valence-electron chi connectivity index (χ3n) is 1.02. The highest BCUT2D eigenvalue weighted by Gasteiger charge is 2.20. The summed E-state index contributed by atoms with van der Waals surface area (Å²) in [7, 11) is 0. The van der Waals surface area contributed by atoms with Crippen molar-refractivity contribution in [3.63, 3.8) is 0 Å². The van der Waals surface area contributed by atoms with Gasteiger partial charge >= 0.3 is 11.4 Å². The van der Waals surface area contributed by atoms with Crippen LogP contribution in [0.4, 0.5) is 0 Å². The van der Waals surface area contributed by atoms with Crippen LogP contribution in [0, 0.1) is 0 Å². The van der Waals surface area contributed by atoms with Gasteiger partial charge in [0.1, 0.15) is 6.10 Å². The fourth-order valence-electron chi connectivity index (χ4n) is 0.484. The molecule has 2 unspecified atom stereocenters. The Bertz CT molecular complexity index is 103. The quantitative estimate of drug-likeness (QED) is 0.523. The molecule has 3 nitrogen and oxygen atoms in total. The van der Waals surface area contributed by atoms with E-state index in [-0.39, 0.29) is 6.10 Å². The molecule has 0 aromatic rings. The minimum atomic E-state index is -1.45. The minimum Gasteiger partial charge on any atom is -0.266 e. The van der Waals surface area contributed by atoms with Crippen LogP contribution in [0.3, 0.4) is 0 Å². The molecule has 0 saturated carbocycles. The lowest BCUT2D eigenvalue weighted by Gasteiger charge is -1.95. The van der Waals surface area contributed by atoms with Gasteiger partial charge in [-0.05, 0) is 6.42 Å². The van der Waals surface area contributed by atoms with Crippen molar-refractivity contribution >= 4 is 11.4 Å². The lowest BCUT2D eigenvalue weighted by Crippen LogP contribution is -2.05. The van der Waals surface area contributed by atoms with Crippen LogP contribution in [0.5, 0.6) is 0 Å². The molecule has 1 saturated heterocycles. The van der Waals surface area contributed by atoms with E-state index in [1.54, 1.807) is 0 Å². The van der Waals surface area contributed by atoms with Crippen molar-refractivity contribution in [2.24, 2.45) is 0 Å². The van der Waals surface area contributed by atoms with Gasteiger partial charge < -0.3 is 0 Å². The average Bonchev–Trinajstić information content (AvgIpc) is 2.14. The topological polar surface area (TPSA) is 35.5 Å². The molecule has 0 bridgehead atoms. The third-order valence-corrected chi connectivity index (χ3v) is 1.78. The fraction of sp³-hybridized carbons (Fsp3) is 1.00. The monoisotopic (exact) mass is 136 g/mol. The zero-order valence-electron chi connectivity index (χ0n) is 4.62. The van der Waals surface area contributed by atoms with Crippen LogP contribution in [0.1, 0.15) is 13.3 Å². The zero-order valence-corrected chi connectivity index (χ0v) is 5.44. The van der Waals surface area contributed by atoms with Crippen molar-refractivity contribution in [1.29, 1.82) is 0 Å². The van der Waals surface area contributed by atoms with Gasteiger partial charge in [-0.2, -0.15) is 4.21 Å². The van der Waals surface area contributed by atoms with Gasteiger partial charge in [0, 0.05) is 0 Å². The van der Waals surface area contributed by atoms with Gasteiger partial charge in [-0.3, -0.25) is 8.37 Å². The van der Waals surface area contributed by atoms with Crippen molar-refractivity contribution in [3.8, 4) is 0 Å². The van der Waals surface area contributed by atoms with E-state index in [1.807, 2.05) is 6.92 Å². The van der Waals surface area contributed by atoms with E-state index in [4.69, 9.17) is 4.18 Å². The van der Waals surface area contributed by atoms with Crippen molar-refractivity contribution in [1.82, 2.24) is 0 Å². The summed E-state index contributed by atoms with van der Waals surface area (Å²) in [5.74, 6) is 0. The maximum Gasteiger partial charge on any atom is 0.305 e. The predicted molar refractivity (Wildman–Crippen MR) is 29.3 cm³/mol. The number of rotatable bonds is 1. The van der Waals surface area contributed by atoms with Crippen molar-refractivity contribution in [2.45, 2.75) is 19.4 Å². The Morgan fingerprint density at radius 1 is 1.88 bits per heavy atom. The molecule has 0 radical (unpaired) electrons. The summed E-state index contributed by atoms with van der Waals surface area (Å²) in [5, 5.41) is 0. The fourth-order valence-corrected chi connectivity index (χ4v) is 1.22. The standard InChI is InChI=1S/C4H8O3S/c1-2-4-3-6-8(5)7-4/h4H,2-3H2,1H3. The second-order valence-electron chi connectivity index (χ2n) is 1.62. The molecular formula is C4H8O3S. The summed E-state index contributed by atoms with van der Waals surface area (Å²) in [5.41, 5.74) is 0. The second-order valence-corrected chi connectivity index (χ2v) is 2.45. The van der Waals surface area contributed by atoms with Crippen molar-refractivity contribution in [2.75, 3.05) is 6.61 Å². The Morgan fingerprint density at radius 3 is 2.88 bits per heavy atom. The average molecular weight is 136 g/mol. The molecule has 1 heterocycles. The molecule has 0 aliphatic carbocycles. The molecule has 1 aliphatic rings. The van der Waals surface area contributed by atoms with Gasteiger partial charge in [-0.15, -0.1) is 0 Å². The van der Waals surface area contributed by atoms with E-state index in [2.05, 4.69) is 4.18 Å². The molecule has 1 fully saturated rings. The molecule has 4 heteroatoms. The maximum absolute atomic E-state index is 10.3. The van der Waals surface area contributed by atoms with Gasteiger partial charge in [0.05, 0.1) is 6.61 Å². The summed E-state index contributed by atoms with van der Waals surface area (Å²) in [6.45, 7) is 2.44. The lowest BCUT2D eigenvalue weighted by molar-refractivity contribution is 0.234. The largest absolute Gasteiger partial charge is 0.305 e. The highest BCUT2D eigenvalue weighted by Crippen LogP contribution is 2.10. The van der Waals surface area contributed by atoms with Crippen LogP contribution in [-0.2, 0) is 19.7 Å². The first-order valence-corrected chi connectivity index (χ1v) is 3.55. The minimum absolute atomic E-state index is 0.0517.